The fourth-order valence-electron chi connectivity index (χ4n) is 2.18. The third-order valence-corrected chi connectivity index (χ3v) is 3.27. The zero-order valence-electron chi connectivity index (χ0n) is 12.0. The summed E-state index contributed by atoms with van der Waals surface area (Å²) in [7, 11) is -1.04. The Morgan fingerprint density at radius 2 is 1.05 bits per heavy atom. The minimum atomic E-state index is -1.04. The van der Waals surface area contributed by atoms with Crippen molar-refractivity contribution in [3.63, 3.8) is 0 Å². The molecule has 0 aliphatic carbocycles. The van der Waals surface area contributed by atoms with Crippen LogP contribution in [0.25, 0.3) is 0 Å². The average molecular weight is 289 g/mol. The molecule has 0 fully saturated rings. The number of hydrogen-bond acceptors (Lipinski definition) is 3. The Labute approximate surface area is 130 Å². The molecule has 0 heterocycles. The monoisotopic (exact) mass is 289 g/mol. The molecule has 3 nitrogen and oxygen atoms in total. The Kier molecular flexibility index (Phi) is 4.54. The Morgan fingerprint density at radius 1 is 0.636 bits per heavy atom. The summed E-state index contributed by atoms with van der Waals surface area (Å²) in [6.07, 6.45) is 0. The molecule has 0 spiro atoms. The van der Waals surface area contributed by atoms with Gasteiger partial charge in [-0.1, -0.05) is 66.7 Å². The quantitative estimate of drug-likeness (QED) is 0.578. The normalized spacial score (nSPS) is 10.2. The van der Waals surface area contributed by atoms with Crippen LogP contribution in [0.5, 0.6) is 0 Å². The van der Waals surface area contributed by atoms with E-state index in [1.807, 2.05) is 91.0 Å². The second kappa shape index (κ2) is 6.94. The fourth-order valence-corrected chi connectivity index (χ4v) is 2.18. The van der Waals surface area contributed by atoms with Crippen LogP contribution in [0.2, 0.25) is 0 Å². The van der Waals surface area contributed by atoms with Crippen LogP contribution in [0.15, 0.2) is 91.0 Å². The highest BCUT2D eigenvalue weighted by atomic mass is 16.7. The molecule has 0 amide bonds. The Hall–Kier alpha value is -2.56. The van der Waals surface area contributed by atoms with Gasteiger partial charge in [-0.05, 0) is 29.7 Å². The van der Waals surface area contributed by atoms with E-state index < -0.39 is 7.12 Å². The van der Waals surface area contributed by atoms with E-state index in [4.69, 9.17) is 4.76 Å². The fraction of sp³-hybridized carbons (Fsp3) is 0. The second-order valence-electron chi connectivity index (χ2n) is 4.83. The van der Waals surface area contributed by atoms with E-state index in [2.05, 4.69) is 0 Å². The SMILES string of the molecule is OB(ON(c1ccccc1)c1ccccc1)c1ccccc1. The molecule has 0 saturated heterocycles. The summed E-state index contributed by atoms with van der Waals surface area (Å²) in [6.45, 7) is 0. The summed E-state index contributed by atoms with van der Waals surface area (Å²) < 4.78 is 5.80. The molecule has 4 heteroatoms. The van der Waals surface area contributed by atoms with Gasteiger partial charge in [0.05, 0.1) is 11.4 Å². The minimum absolute atomic E-state index is 0.708. The van der Waals surface area contributed by atoms with Gasteiger partial charge in [-0.25, -0.2) is 5.06 Å². The van der Waals surface area contributed by atoms with Crippen LogP contribution in [-0.4, -0.2) is 12.1 Å². The number of nitrogens with zero attached hydrogens (tertiary/aromatic N) is 1. The standard InChI is InChI=1S/C18H16BNO2/c21-19(16-10-4-1-5-11-16)22-20(17-12-6-2-7-13-17)18-14-8-3-9-15-18/h1-15,21H. The molecule has 1 N–H and O–H groups in total. The molecule has 0 aliphatic heterocycles. The molecule has 0 aromatic heterocycles. The maximum absolute atomic E-state index is 10.3. The molecule has 3 aromatic carbocycles. The lowest BCUT2D eigenvalue weighted by Gasteiger charge is -2.25. The number of rotatable bonds is 5. The van der Waals surface area contributed by atoms with E-state index in [0.29, 0.717) is 5.46 Å². The maximum Gasteiger partial charge on any atom is 0.515 e. The zero-order valence-corrected chi connectivity index (χ0v) is 12.0. The Bertz CT molecular complexity index is 653. The van der Waals surface area contributed by atoms with Crippen molar-refractivity contribution in [1.82, 2.24) is 0 Å². The third kappa shape index (κ3) is 3.36. The first-order valence-electron chi connectivity index (χ1n) is 7.14. The molecule has 0 bridgehead atoms. The molecular formula is C18H16BNO2. The van der Waals surface area contributed by atoms with Crippen molar-refractivity contribution in [2.45, 2.75) is 0 Å². The van der Waals surface area contributed by atoms with Crippen molar-refractivity contribution in [2.24, 2.45) is 0 Å². The van der Waals surface area contributed by atoms with E-state index in [-0.39, 0.29) is 0 Å². The molecule has 0 unspecified atom stereocenters. The lowest BCUT2D eigenvalue weighted by atomic mass is 9.80. The summed E-state index contributed by atoms with van der Waals surface area (Å²) in [5.41, 5.74) is 2.41. The molecule has 3 aromatic rings. The molecule has 108 valence electrons. The summed E-state index contributed by atoms with van der Waals surface area (Å²) in [5.74, 6) is 0. The molecule has 0 saturated carbocycles. The van der Waals surface area contributed by atoms with Gasteiger partial charge in [0.25, 0.3) is 0 Å². The molecule has 0 atom stereocenters. The van der Waals surface area contributed by atoms with Crippen LogP contribution < -0.4 is 10.5 Å². The number of para-hydroxylation sites is 2. The lowest BCUT2D eigenvalue weighted by Crippen LogP contribution is -2.39. The first-order chi connectivity index (χ1) is 10.8. The smallest absolute Gasteiger partial charge is 0.422 e. The molecule has 22 heavy (non-hydrogen) atoms. The highest BCUT2D eigenvalue weighted by Crippen LogP contribution is 2.25. The first kappa shape index (κ1) is 14.4. The van der Waals surface area contributed by atoms with E-state index in [0.717, 1.165) is 11.4 Å². The van der Waals surface area contributed by atoms with Crippen molar-refractivity contribution in [3.05, 3.63) is 91.0 Å². The van der Waals surface area contributed by atoms with Gasteiger partial charge in [0.2, 0.25) is 0 Å². The summed E-state index contributed by atoms with van der Waals surface area (Å²) >= 11 is 0. The minimum Gasteiger partial charge on any atom is -0.422 e. The van der Waals surface area contributed by atoms with E-state index in [1.165, 1.54) is 0 Å². The van der Waals surface area contributed by atoms with Crippen LogP contribution in [0.1, 0.15) is 0 Å². The number of hydrogen-bond donors (Lipinski definition) is 1. The van der Waals surface area contributed by atoms with Crippen LogP contribution >= 0.6 is 0 Å². The van der Waals surface area contributed by atoms with Gasteiger partial charge in [-0.15, -0.1) is 0 Å². The van der Waals surface area contributed by atoms with Crippen molar-refractivity contribution >= 4 is 24.0 Å². The van der Waals surface area contributed by atoms with Crippen molar-refractivity contribution in [1.29, 1.82) is 0 Å². The lowest BCUT2D eigenvalue weighted by molar-refractivity contribution is 0.274. The summed E-state index contributed by atoms with van der Waals surface area (Å²) in [6, 6.07) is 28.7. The van der Waals surface area contributed by atoms with Gasteiger partial charge >= 0.3 is 7.12 Å². The largest absolute Gasteiger partial charge is 0.515 e. The Balaban J connectivity index is 1.90. The van der Waals surface area contributed by atoms with Gasteiger partial charge in [0.15, 0.2) is 0 Å². The topological polar surface area (TPSA) is 32.7 Å². The Morgan fingerprint density at radius 3 is 1.50 bits per heavy atom. The van der Waals surface area contributed by atoms with Gasteiger partial charge in [-0.3, -0.25) is 4.76 Å². The van der Waals surface area contributed by atoms with Crippen LogP contribution in [0, 0.1) is 0 Å². The average Bonchev–Trinajstić information content (AvgIpc) is 2.62. The summed E-state index contributed by atoms with van der Waals surface area (Å²) in [4.78, 5) is 0. The van der Waals surface area contributed by atoms with Gasteiger partial charge in [-0.2, -0.15) is 0 Å². The molecular weight excluding hydrogens is 273 g/mol. The number of anilines is 2. The van der Waals surface area contributed by atoms with Crippen LogP contribution in [-0.2, 0) is 4.76 Å². The van der Waals surface area contributed by atoms with Gasteiger partial charge in [0, 0.05) is 0 Å². The number of benzene rings is 3. The predicted octanol–water partition coefficient (Wildman–Crippen LogP) is 3.14. The maximum atomic E-state index is 10.3. The van der Waals surface area contributed by atoms with E-state index in [1.54, 1.807) is 5.06 Å². The van der Waals surface area contributed by atoms with Crippen molar-refractivity contribution < 1.29 is 9.78 Å². The zero-order chi connectivity index (χ0) is 15.2. The molecule has 3 rings (SSSR count). The van der Waals surface area contributed by atoms with Crippen molar-refractivity contribution in [2.75, 3.05) is 5.06 Å². The molecule has 0 aliphatic rings. The first-order valence-corrected chi connectivity index (χ1v) is 7.14. The summed E-state index contributed by atoms with van der Waals surface area (Å²) in [5, 5.41) is 12.0. The second-order valence-corrected chi connectivity index (χ2v) is 4.83. The van der Waals surface area contributed by atoms with Crippen molar-refractivity contribution in [3.8, 4) is 0 Å². The van der Waals surface area contributed by atoms with Gasteiger partial charge in [0.1, 0.15) is 0 Å². The third-order valence-electron chi connectivity index (χ3n) is 3.27. The van der Waals surface area contributed by atoms with E-state index in [9.17, 15) is 5.02 Å². The van der Waals surface area contributed by atoms with Crippen LogP contribution in [0.4, 0.5) is 11.4 Å². The van der Waals surface area contributed by atoms with Gasteiger partial charge < -0.3 is 5.02 Å². The highest BCUT2D eigenvalue weighted by Gasteiger charge is 2.22. The van der Waals surface area contributed by atoms with Crippen LogP contribution in [0.3, 0.4) is 0 Å². The van der Waals surface area contributed by atoms with E-state index >= 15 is 0 Å². The molecule has 0 radical (unpaired) electrons. The predicted molar refractivity (Wildman–Crippen MR) is 90.2 cm³/mol. The highest BCUT2D eigenvalue weighted by molar-refractivity contribution is 6.60.